The first kappa shape index (κ1) is 19.9. The second-order valence-corrected chi connectivity index (χ2v) is 12.8. The number of carbonyl (C=O) groups is 1. The van der Waals surface area contributed by atoms with Crippen LogP contribution in [-0.2, 0) is 20.4 Å². The summed E-state index contributed by atoms with van der Waals surface area (Å²) in [6.07, 6.45) is 1.99. The van der Waals surface area contributed by atoms with E-state index < -0.39 is 13.9 Å². The average Bonchev–Trinajstić information content (AvgIpc) is 2.44. The Hall–Kier alpha value is -1.13. The number of rotatable bonds is 7. The second-order valence-electron chi connectivity index (χ2n) is 8.05. The lowest BCUT2D eigenvalue weighted by Crippen LogP contribution is -2.49. The van der Waals surface area contributed by atoms with Crippen LogP contribution in [0.5, 0.6) is 0 Å². The number of ether oxygens (including phenoxy) is 1. The molecular weight excluding hydrogens is 304 g/mol. The Morgan fingerprint density at radius 1 is 1.09 bits per heavy atom. The van der Waals surface area contributed by atoms with Gasteiger partial charge >= 0.3 is 5.97 Å². The van der Waals surface area contributed by atoms with E-state index in [1.807, 2.05) is 25.1 Å². The van der Waals surface area contributed by atoms with Crippen LogP contribution in [0.25, 0.3) is 0 Å². The molecule has 0 aliphatic rings. The number of esters is 1. The largest absolute Gasteiger partial charge is 0.469 e. The molecular formula is C19H32O3Si. The fourth-order valence-corrected chi connectivity index (χ4v) is 4.09. The zero-order valence-electron chi connectivity index (χ0n) is 15.7. The van der Waals surface area contributed by atoms with Crippen LogP contribution in [0.1, 0.15) is 46.1 Å². The third-order valence-corrected chi connectivity index (χ3v) is 9.45. The molecule has 0 bridgehead atoms. The van der Waals surface area contributed by atoms with Gasteiger partial charge in [0.25, 0.3) is 0 Å². The summed E-state index contributed by atoms with van der Waals surface area (Å²) in [5.41, 5.74) is 0.772. The maximum atomic E-state index is 11.9. The Labute approximate surface area is 142 Å². The molecule has 1 atom stereocenters. The van der Waals surface area contributed by atoms with E-state index in [-0.39, 0.29) is 11.0 Å². The quantitative estimate of drug-likeness (QED) is 0.521. The molecule has 1 rings (SSSR count). The molecule has 3 nitrogen and oxygen atoms in total. The Kier molecular flexibility index (Phi) is 6.60. The van der Waals surface area contributed by atoms with E-state index in [9.17, 15) is 4.79 Å². The molecule has 0 saturated heterocycles. The molecule has 0 radical (unpaired) electrons. The lowest BCUT2D eigenvalue weighted by molar-refractivity contribution is -0.145. The van der Waals surface area contributed by atoms with Gasteiger partial charge < -0.3 is 9.16 Å². The topological polar surface area (TPSA) is 35.5 Å². The number of hydrogen-bond donors (Lipinski definition) is 0. The summed E-state index contributed by atoms with van der Waals surface area (Å²) in [6, 6.07) is 10.3. The molecule has 0 N–H and O–H groups in total. The van der Waals surface area contributed by atoms with Crippen LogP contribution in [-0.4, -0.2) is 27.0 Å². The van der Waals surface area contributed by atoms with E-state index in [1.54, 1.807) is 0 Å². The first-order valence-corrected chi connectivity index (χ1v) is 11.2. The molecule has 0 aliphatic heterocycles. The van der Waals surface area contributed by atoms with Gasteiger partial charge in [0, 0.05) is 0 Å². The summed E-state index contributed by atoms with van der Waals surface area (Å²) < 4.78 is 11.5. The molecule has 4 heteroatoms. The van der Waals surface area contributed by atoms with Crippen LogP contribution in [0, 0.1) is 0 Å². The number of carbonyl (C=O) groups excluding carboxylic acids is 1. The number of hydrogen-bond acceptors (Lipinski definition) is 3. The van der Waals surface area contributed by atoms with Gasteiger partial charge in [-0.05, 0) is 43.5 Å². The summed E-state index contributed by atoms with van der Waals surface area (Å²) in [5, 5.41) is 0.108. The standard InChI is InChI=1S/C19H32O3Si/c1-18(2,3)23(6,7)22-19(4,15-17(20)21-5)14-13-16-11-9-8-10-12-16/h8-12H,13-15H2,1-7H3. The maximum Gasteiger partial charge on any atom is 0.308 e. The van der Waals surface area contributed by atoms with E-state index in [1.165, 1.54) is 12.7 Å². The van der Waals surface area contributed by atoms with Crippen LogP contribution in [0.3, 0.4) is 0 Å². The van der Waals surface area contributed by atoms with Crippen molar-refractivity contribution in [3.05, 3.63) is 35.9 Å². The molecule has 1 aromatic rings. The zero-order chi connectivity index (χ0) is 17.7. The fraction of sp³-hybridized carbons (Fsp3) is 0.632. The summed E-state index contributed by atoms with van der Waals surface area (Å²) in [6.45, 7) is 13.2. The van der Waals surface area contributed by atoms with E-state index in [0.29, 0.717) is 6.42 Å². The van der Waals surface area contributed by atoms with Crippen LogP contribution < -0.4 is 0 Å². The van der Waals surface area contributed by atoms with Gasteiger partial charge in [-0.15, -0.1) is 0 Å². The first-order valence-electron chi connectivity index (χ1n) is 8.30. The minimum Gasteiger partial charge on any atom is -0.469 e. The minimum atomic E-state index is -1.97. The average molecular weight is 337 g/mol. The highest BCUT2D eigenvalue weighted by Gasteiger charge is 2.43. The normalized spacial score (nSPS) is 15.1. The minimum absolute atomic E-state index is 0.108. The lowest BCUT2D eigenvalue weighted by atomic mass is 9.94. The summed E-state index contributed by atoms with van der Waals surface area (Å²) in [5.74, 6) is -0.209. The van der Waals surface area contributed by atoms with Crippen molar-refractivity contribution in [2.24, 2.45) is 0 Å². The van der Waals surface area contributed by atoms with E-state index >= 15 is 0 Å². The molecule has 1 unspecified atom stereocenters. The number of methoxy groups -OCH3 is 1. The van der Waals surface area contributed by atoms with Crippen LogP contribution >= 0.6 is 0 Å². The summed E-state index contributed by atoms with van der Waals surface area (Å²) in [7, 11) is -0.529. The van der Waals surface area contributed by atoms with Crippen LogP contribution in [0.2, 0.25) is 18.1 Å². The van der Waals surface area contributed by atoms with Gasteiger partial charge in [0.2, 0.25) is 0 Å². The van der Waals surface area contributed by atoms with E-state index in [4.69, 9.17) is 9.16 Å². The van der Waals surface area contributed by atoms with Crippen LogP contribution in [0.15, 0.2) is 30.3 Å². The molecule has 0 amide bonds. The third kappa shape index (κ3) is 6.11. The molecule has 23 heavy (non-hydrogen) atoms. The van der Waals surface area contributed by atoms with Gasteiger partial charge in [-0.3, -0.25) is 4.79 Å². The molecule has 0 aliphatic carbocycles. The molecule has 0 aromatic heterocycles. The van der Waals surface area contributed by atoms with Crippen molar-refractivity contribution in [1.29, 1.82) is 0 Å². The predicted molar refractivity (Wildman–Crippen MR) is 98.1 cm³/mol. The highest BCUT2D eigenvalue weighted by Crippen LogP contribution is 2.41. The summed E-state index contributed by atoms with van der Waals surface area (Å²) >= 11 is 0. The lowest BCUT2D eigenvalue weighted by Gasteiger charge is -2.44. The van der Waals surface area contributed by atoms with Gasteiger partial charge in [-0.25, -0.2) is 0 Å². The predicted octanol–water partition coefficient (Wildman–Crippen LogP) is 4.96. The molecule has 0 heterocycles. The molecule has 1 aromatic carbocycles. The Morgan fingerprint density at radius 3 is 2.13 bits per heavy atom. The highest BCUT2D eigenvalue weighted by atomic mass is 28.4. The second kappa shape index (κ2) is 7.62. The zero-order valence-corrected chi connectivity index (χ0v) is 16.7. The van der Waals surface area contributed by atoms with Crippen molar-refractivity contribution in [3.63, 3.8) is 0 Å². The molecule has 0 fully saturated rings. The number of benzene rings is 1. The first-order chi connectivity index (χ1) is 10.5. The smallest absolute Gasteiger partial charge is 0.308 e. The van der Waals surface area contributed by atoms with Gasteiger partial charge in [0.1, 0.15) is 0 Å². The van der Waals surface area contributed by atoms with Crippen LogP contribution in [0.4, 0.5) is 0 Å². The molecule has 0 spiro atoms. The van der Waals surface area contributed by atoms with Gasteiger partial charge in [0.15, 0.2) is 8.32 Å². The van der Waals surface area contributed by atoms with Crippen molar-refractivity contribution < 1.29 is 14.0 Å². The van der Waals surface area contributed by atoms with Crippen molar-refractivity contribution in [2.45, 2.75) is 70.7 Å². The Balaban J connectivity index is 2.91. The van der Waals surface area contributed by atoms with E-state index in [0.717, 1.165) is 12.8 Å². The van der Waals surface area contributed by atoms with Gasteiger partial charge in [-0.2, -0.15) is 0 Å². The summed E-state index contributed by atoms with van der Waals surface area (Å²) in [4.78, 5) is 11.9. The van der Waals surface area contributed by atoms with Crippen molar-refractivity contribution in [2.75, 3.05) is 7.11 Å². The monoisotopic (exact) mass is 336 g/mol. The Morgan fingerprint density at radius 2 is 1.65 bits per heavy atom. The SMILES string of the molecule is COC(=O)CC(C)(CCc1ccccc1)O[Si](C)(C)C(C)(C)C. The van der Waals surface area contributed by atoms with E-state index in [2.05, 4.69) is 46.0 Å². The van der Waals surface area contributed by atoms with Gasteiger partial charge in [0.05, 0.1) is 19.1 Å². The maximum absolute atomic E-state index is 11.9. The fourth-order valence-electron chi connectivity index (χ4n) is 2.38. The van der Waals surface area contributed by atoms with Crippen molar-refractivity contribution >= 4 is 14.3 Å². The Bertz CT molecular complexity index is 505. The molecule has 0 saturated carbocycles. The number of aryl methyl sites for hydroxylation is 1. The third-order valence-electron chi connectivity index (χ3n) is 4.84. The van der Waals surface area contributed by atoms with Gasteiger partial charge in [-0.1, -0.05) is 51.1 Å². The molecule has 130 valence electrons. The van der Waals surface area contributed by atoms with Crippen molar-refractivity contribution in [1.82, 2.24) is 0 Å². The highest BCUT2D eigenvalue weighted by molar-refractivity contribution is 6.74. The van der Waals surface area contributed by atoms with Crippen molar-refractivity contribution in [3.8, 4) is 0 Å².